The van der Waals surface area contributed by atoms with Gasteiger partial charge >= 0.3 is 5.97 Å². The highest BCUT2D eigenvalue weighted by Crippen LogP contribution is 2.43. The van der Waals surface area contributed by atoms with E-state index in [9.17, 15) is 14.4 Å². The van der Waals surface area contributed by atoms with Crippen molar-refractivity contribution >= 4 is 17.7 Å². The Morgan fingerprint density at radius 1 is 1.10 bits per heavy atom. The lowest BCUT2D eigenvalue weighted by molar-refractivity contribution is -0.126. The Kier molecular flexibility index (Phi) is 4.77. The number of esters is 1. The number of nitrogens with zero attached hydrogens (tertiary/aromatic N) is 2. The van der Waals surface area contributed by atoms with Gasteiger partial charge in [-0.3, -0.25) is 9.59 Å². The zero-order valence-electron chi connectivity index (χ0n) is 17.5. The maximum Gasteiger partial charge on any atom is 0.338 e. The van der Waals surface area contributed by atoms with Crippen molar-refractivity contribution in [2.45, 2.75) is 52.1 Å². The number of ketones is 1. The molecule has 0 radical (unpaired) electrons. The van der Waals surface area contributed by atoms with Crippen LogP contribution >= 0.6 is 0 Å². The van der Waals surface area contributed by atoms with Crippen LogP contribution in [0.4, 0.5) is 0 Å². The zero-order chi connectivity index (χ0) is 20.9. The van der Waals surface area contributed by atoms with Gasteiger partial charge in [-0.2, -0.15) is 0 Å². The molecule has 6 heteroatoms. The van der Waals surface area contributed by atoms with Gasteiger partial charge in [-0.25, -0.2) is 4.79 Å². The van der Waals surface area contributed by atoms with E-state index in [-0.39, 0.29) is 23.1 Å². The average molecular weight is 408 g/mol. The standard InChI is InChI=1S/C24H28N2O4/c1-16-17(2-5-20-21(16)14-30-23(20)29)6-9-25-10-7-24(8-11-25)13-22(28)26(15-24)18-3-4-19(27)12-18/h2,5,12H,3-4,6-11,13-15H2,1H3. The number of hydrogen-bond acceptors (Lipinski definition) is 5. The molecule has 0 aromatic heterocycles. The van der Waals surface area contributed by atoms with Crippen LogP contribution in [0.1, 0.15) is 59.2 Å². The third-order valence-corrected chi connectivity index (χ3v) is 7.51. The van der Waals surface area contributed by atoms with Crippen LogP contribution in [-0.2, 0) is 27.4 Å². The van der Waals surface area contributed by atoms with Crippen molar-refractivity contribution in [2.24, 2.45) is 5.41 Å². The quantitative estimate of drug-likeness (QED) is 0.717. The Labute approximate surface area is 176 Å². The van der Waals surface area contributed by atoms with E-state index in [1.165, 1.54) is 11.1 Å². The number of benzene rings is 1. The number of rotatable bonds is 4. The minimum absolute atomic E-state index is 0.0707. The minimum Gasteiger partial charge on any atom is -0.457 e. The molecule has 3 aliphatic heterocycles. The summed E-state index contributed by atoms with van der Waals surface area (Å²) in [6, 6.07) is 3.97. The van der Waals surface area contributed by atoms with Gasteiger partial charge in [-0.05, 0) is 68.3 Å². The summed E-state index contributed by atoms with van der Waals surface area (Å²) < 4.78 is 5.16. The summed E-state index contributed by atoms with van der Waals surface area (Å²) in [6.07, 6.45) is 6.56. The smallest absolute Gasteiger partial charge is 0.338 e. The van der Waals surface area contributed by atoms with Gasteiger partial charge in [0.25, 0.3) is 0 Å². The van der Waals surface area contributed by atoms with E-state index in [0.29, 0.717) is 31.4 Å². The second-order valence-corrected chi connectivity index (χ2v) is 9.30. The fraction of sp³-hybridized carbons (Fsp3) is 0.542. The number of carbonyl (C=O) groups excluding carboxylic acids is 3. The molecule has 2 fully saturated rings. The lowest BCUT2D eigenvalue weighted by Gasteiger charge is -2.39. The molecule has 1 aromatic carbocycles. The fourth-order valence-corrected chi connectivity index (χ4v) is 5.49. The van der Waals surface area contributed by atoms with Gasteiger partial charge in [0.2, 0.25) is 5.91 Å². The molecular formula is C24H28N2O4. The molecule has 0 bridgehead atoms. The van der Waals surface area contributed by atoms with E-state index in [1.54, 1.807) is 6.08 Å². The Balaban J connectivity index is 1.17. The van der Waals surface area contributed by atoms with E-state index >= 15 is 0 Å². The number of fused-ring (bicyclic) bond motifs is 1. The molecule has 3 heterocycles. The van der Waals surface area contributed by atoms with E-state index in [4.69, 9.17) is 4.74 Å². The third kappa shape index (κ3) is 3.37. The minimum atomic E-state index is -0.209. The van der Waals surface area contributed by atoms with Gasteiger partial charge in [0.05, 0.1) is 5.56 Å². The molecule has 2 saturated heterocycles. The SMILES string of the molecule is Cc1c(CCN2CCC3(CC2)CC(=O)N(C2=CC(=O)CC2)C3)ccc2c1COC2=O. The molecule has 1 aromatic rings. The van der Waals surface area contributed by atoms with E-state index in [0.717, 1.165) is 56.7 Å². The zero-order valence-corrected chi connectivity index (χ0v) is 17.5. The van der Waals surface area contributed by atoms with Crippen LogP contribution in [-0.4, -0.2) is 53.6 Å². The summed E-state index contributed by atoms with van der Waals surface area (Å²) in [4.78, 5) is 40.3. The first-order valence-corrected chi connectivity index (χ1v) is 11.0. The number of amides is 1. The Hall–Kier alpha value is -2.47. The maximum atomic E-state index is 12.6. The molecule has 1 spiro atoms. The van der Waals surface area contributed by atoms with Crippen LogP contribution in [0.3, 0.4) is 0 Å². The monoisotopic (exact) mass is 408 g/mol. The largest absolute Gasteiger partial charge is 0.457 e. The van der Waals surface area contributed by atoms with E-state index in [2.05, 4.69) is 17.9 Å². The van der Waals surface area contributed by atoms with Crippen LogP contribution in [0.25, 0.3) is 0 Å². The average Bonchev–Trinajstić information content (AvgIpc) is 3.41. The summed E-state index contributed by atoms with van der Waals surface area (Å²) in [5, 5.41) is 0. The maximum absolute atomic E-state index is 12.6. The number of ether oxygens (including phenoxy) is 1. The molecule has 0 saturated carbocycles. The number of likely N-dealkylation sites (tertiary alicyclic amines) is 2. The topological polar surface area (TPSA) is 66.9 Å². The van der Waals surface area contributed by atoms with Gasteiger partial charge in [0.1, 0.15) is 6.61 Å². The number of allylic oxidation sites excluding steroid dienone is 2. The lowest BCUT2D eigenvalue weighted by atomic mass is 9.77. The second-order valence-electron chi connectivity index (χ2n) is 9.30. The molecule has 0 N–H and O–H groups in total. The fourth-order valence-electron chi connectivity index (χ4n) is 5.49. The van der Waals surface area contributed by atoms with Crippen molar-refractivity contribution in [2.75, 3.05) is 26.2 Å². The van der Waals surface area contributed by atoms with Crippen molar-refractivity contribution in [3.8, 4) is 0 Å². The van der Waals surface area contributed by atoms with Crippen molar-refractivity contribution in [1.82, 2.24) is 9.80 Å². The highest BCUT2D eigenvalue weighted by molar-refractivity contribution is 5.94. The van der Waals surface area contributed by atoms with Crippen molar-refractivity contribution < 1.29 is 19.1 Å². The molecule has 6 nitrogen and oxygen atoms in total. The first kappa shape index (κ1) is 19.5. The third-order valence-electron chi connectivity index (χ3n) is 7.51. The van der Waals surface area contributed by atoms with Gasteiger partial charge in [-0.15, -0.1) is 0 Å². The van der Waals surface area contributed by atoms with Gasteiger partial charge in [-0.1, -0.05) is 6.07 Å². The first-order chi connectivity index (χ1) is 14.4. The van der Waals surface area contributed by atoms with Crippen molar-refractivity contribution in [3.05, 3.63) is 46.2 Å². The Bertz CT molecular complexity index is 956. The molecule has 0 atom stereocenters. The molecule has 4 aliphatic rings. The number of carbonyl (C=O) groups is 3. The molecule has 1 amide bonds. The van der Waals surface area contributed by atoms with Crippen molar-refractivity contribution in [1.29, 1.82) is 0 Å². The lowest BCUT2D eigenvalue weighted by Crippen LogP contribution is -2.42. The summed E-state index contributed by atoms with van der Waals surface area (Å²) in [5.41, 5.74) is 5.22. The van der Waals surface area contributed by atoms with E-state index in [1.807, 2.05) is 11.0 Å². The molecule has 1 aliphatic carbocycles. The van der Waals surface area contributed by atoms with Crippen LogP contribution in [0.2, 0.25) is 0 Å². The normalized spacial score (nSPS) is 23.3. The molecule has 30 heavy (non-hydrogen) atoms. The molecule has 5 rings (SSSR count). The first-order valence-electron chi connectivity index (χ1n) is 11.0. The second kappa shape index (κ2) is 7.34. The molecule has 0 unspecified atom stereocenters. The Morgan fingerprint density at radius 3 is 2.63 bits per heavy atom. The number of piperidine rings is 1. The summed E-state index contributed by atoms with van der Waals surface area (Å²) in [7, 11) is 0. The van der Waals surface area contributed by atoms with Gasteiger partial charge < -0.3 is 14.5 Å². The highest BCUT2D eigenvalue weighted by Gasteiger charge is 2.46. The van der Waals surface area contributed by atoms with Crippen LogP contribution in [0.5, 0.6) is 0 Å². The predicted molar refractivity (Wildman–Crippen MR) is 111 cm³/mol. The summed E-state index contributed by atoms with van der Waals surface area (Å²) in [6.45, 7) is 6.25. The van der Waals surface area contributed by atoms with E-state index < -0.39 is 0 Å². The molecule has 158 valence electrons. The van der Waals surface area contributed by atoms with Gasteiger partial charge in [0, 0.05) is 43.3 Å². The summed E-state index contributed by atoms with van der Waals surface area (Å²) >= 11 is 0. The Morgan fingerprint density at radius 2 is 1.90 bits per heavy atom. The van der Waals surface area contributed by atoms with Gasteiger partial charge in [0.15, 0.2) is 5.78 Å². The predicted octanol–water partition coefficient (Wildman–Crippen LogP) is 2.77. The summed E-state index contributed by atoms with van der Waals surface area (Å²) in [5.74, 6) is 0.125. The number of cyclic esters (lactones) is 1. The number of hydrogen-bond donors (Lipinski definition) is 0. The van der Waals surface area contributed by atoms with Crippen LogP contribution in [0, 0.1) is 12.3 Å². The molecular weight excluding hydrogens is 380 g/mol. The van der Waals surface area contributed by atoms with Crippen LogP contribution < -0.4 is 0 Å². The van der Waals surface area contributed by atoms with Crippen LogP contribution in [0.15, 0.2) is 23.9 Å². The highest BCUT2D eigenvalue weighted by atomic mass is 16.5. The van der Waals surface area contributed by atoms with Crippen molar-refractivity contribution in [3.63, 3.8) is 0 Å².